The van der Waals surface area contributed by atoms with Crippen molar-refractivity contribution >= 4 is 38.4 Å². The van der Waals surface area contributed by atoms with Crippen LogP contribution in [0.1, 0.15) is 29.7 Å². The topological polar surface area (TPSA) is 55.1 Å². The molecule has 4 rings (SSSR count). The van der Waals surface area contributed by atoms with Crippen LogP contribution in [0.2, 0.25) is 0 Å². The number of benzene rings is 2. The third kappa shape index (κ3) is 3.19. The Labute approximate surface area is 166 Å². The van der Waals surface area contributed by atoms with Crippen molar-refractivity contribution in [1.29, 1.82) is 0 Å². The summed E-state index contributed by atoms with van der Waals surface area (Å²) in [5.41, 5.74) is 0.964. The van der Waals surface area contributed by atoms with Crippen molar-refractivity contribution in [3.63, 3.8) is 0 Å². The second-order valence-electron chi connectivity index (χ2n) is 6.51. The molecule has 0 bridgehead atoms. The minimum absolute atomic E-state index is 0.198. The number of nitrogens with zero attached hydrogens (tertiary/aromatic N) is 4. The molecule has 28 heavy (non-hydrogen) atoms. The molecule has 0 fully saturated rings. The van der Waals surface area contributed by atoms with E-state index >= 15 is 0 Å². The highest BCUT2D eigenvalue weighted by atomic mass is 79.9. The molecule has 0 unspecified atom stereocenters. The van der Waals surface area contributed by atoms with E-state index in [9.17, 15) is 13.2 Å². The first-order valence-corrected chi connectivity index (χ1v) is 9.27. The average Bonchev–Trinajstić information content (AvgIpc) is 3.09. The van der Waals surface area contributed by atoms with Crippen LogP contribution in [0.25, 0.3) is 16.7 Å². The lowest BCUT2D eigenvalue weighted by molar-refractivity contribution is -0.138. The van der Waals surface area contributed by atoms with E-state index < -0.39 is 17.8 Å². The first-order valence-electron chi connectivity index (χ1n) is 8.48. The Kier molecular flexibility index (Phi) is 4.49. The van der Waals surface area contributed by atoms with Gasteiger partial charge in [0.15, 0.2) is 0 Å². The van der Waals surface area contributed by atoms with E-state index in [2.05, 4.69) is 36.4 Å². The fourth-order valence-corrected chi connectivity index (χ4v) is 3.73. The Hall–Kier alpha value is -2.68. The minimum atomic E-state index is -4.39. The molecule has 0 saturated heterocycles. The molecule has 0 aliphatic carbocycles. The van der Waals surface area contributed by atoms with Gasteiger partial charge in [-0.05, 0) is 49.2 Å². The van der Waals surface area contributed by atoms with Gasteiger partial charge >= 0.3 is 6.18 Å². The zero-order valence-electron chi connectivity index (χ0n) is 14.9. The predicted molar refractivity (Wildman–Crippen MR) is 104 cm³/mol. The van der Waals surface area contributed by atoms with Crippen LogP contribution in [0.5, 0.6) is 0 Å². The van der Waals surface area contributed by atoms with Gasteiger partial charge in [0.2, 0.25) is 0 Å². The molecule has 2 aromatic carbocycles. The van der Waals surface area contributed by atoms with E-state index in [1.165, 1.54) is 13.0 Å². The van der Waals surface area contributed by atoms with Crippen molar-refractivity contribution in [3.05, 3.63) is 63.9 Å². The monoisotopic (exact) mass is 449 g/mol. The van der Waals surface area contributed by atoms with Crippen LogP contribution in [0.3, 0.4) is 0 Å². The summed E-state index contributed by atoms with van der Waals surface area (Å²) in [4.78, 5) is 4.51. The second kappa shape index (κ2) is 6.73. The van der Waals surface area contributed by atoms with E-state index in [1.54, 1.807) is 16.8 Å². The molecule has 9 heteroatoms. The van der Waals surface area contributed by atoms with Crippen molar-refractivity contribution in [1.82, 2.24) is 19.6 Å². The standard InChI is InChI=1S/C19H15BrF3N5/c1-10-13(4-3-5-15(10)19(21,22)23)11(2)25-17-14-8-12(20)6-7-16(14)28-9-24-27-18(28)26-17/h3-9,11H,1-2H3,(H,25,26,27)/t11-/m1/s1. The number of aromatic nitrogens is 4. The number of rotatable bonds is 3. The van der Waals surface area contributed by atoms with Crippen molar-refractivity contribution in [2.45, 2.75) is 26.1 Å². The van der Waals surface area contributed by atoms with Crippen molar-refractivity contribution in [2.75, 3.05) is 5.32 Å². The van der Waals surface area contributed by atoms with E-state index in [4.69, 9.17) is 0 Å². The number of nitrogens with one attached hydrogen (secondary N) is 1. The van der Waals surface area contributed by atoms with Gasteiger partial charge in [-0.2, -0.15) is 18.2 Å². The van der Waals surface area contributed by atoms with Gasteiger partial charge in [-0.25, -0.2) is 0 Å². The first-order chi connectivity index (χ1) is 13.3. The van der Waals surface area contributed by atoms with Gasteiger partial charge in [0, 0.05) is 9.86 Å². The molecule has 5 nitrogen and oxygen atoms in total. The molecule has 2 aromatic heterocycles. The molecule has 0 saturated carbocycles. The maximum Gasteiger partial charge on any atom is 0.416 e. The lowest BCUT2D eigenvalue weighted by Crippen LogP contribution is -2.14. The molecule has 1 N–H and O–H groups in total. The van der Waals surface area contributed by atoms with Crippen LogP contribution in [0, 0.1) is 6.92 Å². The molecule has 0 aliphatic heterocycles. The van der Waals surface area contributed by atoms with Crippen LogP contribution in [0.4, 0.5) is 19.0 Å². The van der Waals surface area contributed by atoms with Crippen LogP contribution >= 0.6 is 15.9 Å². The molecule has 0 aliphatic rings. The lowest BCUT2D eigenvalue weighted by Gasteiger charge is -2.21. The van der Waals surface area contributed by atoms with Gasteiger partial charge in [-0.3, -0.25) is 4.40 Å². The normalized spacial score (nSPS) is 13.2. The third-order valence-corrected chi connectivity index (χ3v) is 5.21. The largest absolute Gasteiger partial charge is 0.416 e. The Morgan fingerprint density at radius 3 is 2.71 bits per heavy atom. The molecular weight excluding hydrogens is 435 g/mol. The summed E-state index contributed by atoms with van der Waals surface area (Å²) in [6.07, 6.45) is -2.82. The third-order valence-electron chi connectivity index (χ3n) is 4.72. The molecule has 144 valence electrons. The van der Waals surface area contributed by atoms with Crippen LogP contribution in [-0.2, 0) is 6.18 Å². The number of anilines is 1. The highest BCUT2D eigenvalue weighted by molar-refractivity contribution is 9.10. The van der Waals surface area contributed by atoms with E-state index in [-0.39, 0.29) is 5.56 Å². The smallest absolute Gasteiger partial charge is 0.363 e. The summed E-state index contributed by atoms with van der Waals surface area (Å²) >= 11 is 3.45. The summed E-state index contributed by atoms with van der Waals surface area (Å²) < 4.78 is 42.4. The van der Waals surface area contributed by atoms with Gasteiger partial charge < -0.3 is 5.32 Å². The molecule has 4 aromatic rings. The fraction of sp³-hybridized carbons (Fsp3) is 0.211. The molecule has 0 radical (unpaired) electrons. The van der Waals surface area contributed by atoms with Crippen molar-refractivity contribution < 1.29 is 13.2 Å². The van der Waals surface area contributed by atoms with Gasteiger partial charge in [-0.1, -0.05) is 28.1 Å². The second-order valence-corrected chi connectivity index (χ2v) is 7.42. The fourth-order valence-electron chi connectivity index (χ4n) is 3.37. The highest BCUT2D eigenvalue weighted by Gasteiger charge is 2.33. The zero-order chi connectivity index (χ0) is 20.1. The van der Waals surface area contributed by atoms with Crippen molar-refractivity contribution in [3.8, 4) is 0 Å². The number of hydrogen-bond donors (Lipinski definition) is 1. The molecule has 0 spiro atoms. The molecule has 0 amide bonds. The summed E-state index contributed by atoms with van der Waals surface area (Å²) in [6, 6.07) is 9.51. The quantitative estimate of drug-likeness (QED) is 0.446. The molecule has 1 atom stereocenters. The number of hydrogen-bond acceptors (Lipinski definition) is 4. The highest BCUT2D eigenvalue weighted by Crippen LogP contribution is 2.36. The minimum Gasteiger partial charge on any atom is -0.363 e. The maximum absolute atomic E-state index is 13.3. The van der Waals surface area contributed by atoms with Crippen LogP contribution in [-0.4, -0.2) is 19.6 Å². The zero-order valence-corrected chi connectivity index (χ0v) is 16.5. The van der Waals surface area contributed by atoms with Gasteiger partial charge in [0.05, 0.1) is 17.1 Å². The van der Waals surface area contributed by atoms with Crippen LogP contribution < -0.4 is 5.32 Å². The predicted octanol–water partition coefficient (Wildman–Crippen LogP) is 5.54. The summed E-state index contributed by atoms with van der Waals surface area (Å²) in [5, 5.41) is 11.9. The molecular formula is C19H15BrF3N5. The van der Waals surface area contributed by atoms with Crippen molar-refractivity contribution in [2.24, 2.45) is 0 Å². The Morgan fingerprint density at radius 2 is 1.96 bits per heavy atom. The van der Waals surface area contributed by atoms with Gasteiger partial charge in [-0.15, -0.1) is 10.2 Å². The molecule has 2 heterocycles. The summed E-state index contributed by atoms with van der Waals surface area (Å²) in [7, 11) is 0. The average molecular weight is 450 g/mol. The number of halogens is 4. The van der Waals surface area contributed by atoms with Crippen LogP contribution in [0.15, 0.2) is 47.2 Å². The van der Waals surface area contributed by atoms with E-state index in [0.29, 0.717) is 17.2 Å². The van der Waals surface area contributed by atoms with E-state index in [0.717, 1.165) is 21.4 Å². The number of fused-ring (bicyclic) bond motifs is 3. The van der Waals surface area contributed by atoms with Gasteiger partial charge in [0.25, 0.3) is 5.78 Å². The SMILES string of the molecule is Cc1c([C@@H](C)Nc2nc3nncn3c3ccc(Br)cc23)cccc1C(F)(F)F. The van der Waals surface area contributed by atoms with E-state index in [1.807, 2.05) is 25.1 Å². The van der Waals surface area contributed by atoms with Gasteiger partial charge in [0.1, 0.15) is 12.1 Å². The number of alkyl halides is 3. The first kappa shape index (κ1) is 18.7. The Bertz CT molecular complexity index is 1190. The summed E-state index contributed by atoms with van der Waals surface area (Å²) in [6.45, 7) is 3.29. The Morgan fingerprint density at radius 1 is 1.18 bits per heavy atom. The lowest BCUT2D eigenvalue weighted by atomic mass is 9.97. The Balaban J connectivity index is 1.81. The summed E-state index contributed by atoms with van der Waals surface area (Å²) in [5.74, 6) is 0.936. The maximum atomic E-state index is 13.3.